The summed E-state index contributed by atoms with van der Waals surface area (Å²) in [5.41, 5.74) is 0.151. The number of nitro benzene ring substituents is 1. The minimum Gasteiger partial charge on any atom is -0.465 e. The highest BCUT2D eigenvalue weighted by molar-refractivity contribution is 6.24. The zero-order valence-corrected chi connectivity index (χ0v) is 15.2. The van der Waals surface area contributed by atoms with E-state index in [1.807, 2.05) is 0 Å². The molecule has 1 heterocycles. The largest absolute Gasteiger partial charge is 0.465 e. The fourth-order valence-corrected chi connectivity index (χ4v) is 2.89. The number of imide groups is 1. The van der Waals surface area contributed by atoms with Crippen molar-refractivity contribution in [3.63, 3.8) is 0 Å². The van der Waals surface area contributed by atoms with E-state index in [1.165, 1.54) is 31.4 Å². The molecule has 0 fully saturated rings. The summed E-state index contributed by atoms with van der Waals surface area (Å²) in [5.74, 6) is -2.74. The third kappa shape index (κ3) is 3.81. The van der Waals surface area contributed by atoms with Gasteiger partial charge in [0.1, 0.15) is 12.1 Å². The van der Waals surface area contributed by atoms with Gasteiger partial charge in [0.25, 0.3) is 17.5 Å². The topological polar surface area (TPSA) is 136 Å². The molecule has 0 bridgehead atoms. The van der Waals surface area contributed by atoms with Gasteiger partial charge in [-0.3, -0.25) is 29.4 Å². The number of fused-ring (bicyclic) bond motifs is 1. The average molecular weight is 397 g/mol. The monoisotopic (exact) mass is 397 g/mol. The second-order valence-corrected chi connectivity index (χ2v) is 6.12. The van der Waals surface area contributed by atoms with E-state index in [9.17, 15) is 29.3 Å². The number of hydrogen-bond donors (Lipinski definition) is 1. The lowest BCUT2D eigenvalue weighted by molar-refractivity contribution is -0.385. The maximum Gasteiger partial charge on any atom is 0.337 e. The lowest BCUT2D eigenvalue weighted by Gasteiger charge is -2.13. The number of ether oxygens (including phenoxy) is 1. The Morgan fingerprint density at radius 1 is 1.10 bits per heavy atom. The molecule has 10 heteroatoms. The van der Waals surface area contributed by atoms with Crippen LogP contribution < -0.4 is 5.32 Å². The molecule has 0 atom stereocenters. The van der Waals surface area contributed by atoms with Crippen LogP contribution in [0.3, 0.4) is 0 Å². The Morgan fingerprint density at radius 2 is 1.79 bits per heavy atom. The van der Waals surface area contributed by atoms with Gasteiger partial charge in [0.15, 0.2) is 0 Å². The number of esters is 1. The maximum atomic E-state index is 12.4. The van der Waals surface area contributed by atoms with Crippen molar-refractivity contribution in [2.75, 3.05) is 13.7 Å². The Balaban J connectivity index is 1.65. The van der Waals surface area contributed by atoms with E-state index < -0.39 is 40.8 Å². The van der Waals surface area contributed by atoms with Gasteiger partial charge in [0.05, 0.1) is 23.2 Å². The smallest absolute Gasteiger partial charge is 0.337 e. The molecule has 3 rings (SSSR count). The summed E-state index contributed by atoms with van der Waals surface area (Å²) in [4.78, 5) is 59.5. The second-order valence-electron chi connectivity index (χ2n) is 6.12. The van der Waals surface area contributed by atoms with Gasteiger partial charge in [-0.15, -0.1) is 0 Å². The number of benzene rings is 2. The highest BCUT2D eigenvalue weighted by Gasteiger charge is 2.41. The average Bonchev–Trinajstić information content (AvgIpc) is 2.97. The molecule has 148 valence electrons. The van der Waals surface area contributed by atoms with E-state index in [0.717, 1.165) is 6.07 Å². The molecular weight excluding hydrogens is 382 g/mol. The standard InChI is InChI=1S/C19H15N3O7/c1-29-19(26)12-7-5-11(6-8-12)9-20-15(23)10-21-17(24)13-3-2-4-14(22(27)28)16(13)18(21)25/h2-8H,9-10H2,1H3,(H,20,23). The van der Waals surface area contributed by atoms with E-state index in [2.05, 4.69) is 10.1 Å². The molecule has 0 aliphatic carbocycles. The predicted octanol–water partition coefficient (Wildman–Crippen LogP) is 1.29. The molecule has 0 saturated carbocycles. The van der Waals surface area contributed by atoms with Crippen LogP contribution in [0.25, 0.3) is 0 Å². The molecule has 1 aliphatic heterocycles. The minimum atomic E-state index is -0.880. The number of nitro groups is 1. The van der Waals surface area contributed by atoms with E-state index in [-0.39, 0.29) is 17.7 Å². The molecule has 29 heavy (non-hydrogen) atoms. The first kappa shape index (κ1) is 19.7. The molecule has 2 aromatic rings. The molecule has 0 aromatic heterocycles. The second kappa shape index (κ2) is 7.89. The first-order chi connectivity index (χ1) is 13.8. The lowest BCUT2D eigenvalue weighted by atomic mass is 10.1. The number of hydrogen-bond acceptors (Lipinski definition) is 7. The Morgan fingerprint density at radius 3 is 2.41 bits per heavy atom. The molecule has 2 aromatic carbocycles. The first-order valence-corrected chi connectivity index (χ1v) is 8.41. The van der Waals surface area contributed by atoms with Crippen LogP contribution >= 0.6 is 0 Å². The first-order valence-electron chi connectivity index (χ1n) is 8.41. The van der Waals surface area contributed by atoms with Crippen molar-refractivity contribution in [3.05, 3.63) is 74.8 Å². The zero-order valence-electron chi connectivity index (χ0n) is 15.2. The third-order valence-electron chi connectivity index (χ3n) is 4.34. The number of carbonyl (C=O) groups excluding carboxylic acids is 4. The zero-order chi connectivity index (χ0) is 21.1. The summed E-state index contributed by atoms with van der Waals surface area (Å²) in [6.45, 7) is -0.465. The fraction of sp³-hybridized carbons (Fsp3) is 0.158. The van der Waals surface area contributed by atoms with Gasteiger partial charge in [-0.1, -0.05) is 18.2 Å². The molecule has 3 amide bonds. The molecular formula is C19H15N3O7. The van der Waals surface area contributed by atoms with Crippen LogP contribution in [0.4, 0.5) is 5.69 Å². The molecule has 0 spiro atoms. The number of amides is 3. The Bertz CT molecular complexity index is 1030. The number of rotatable bonds is 6. The van der Waals surface area contributed by atoms with Crippen LogP contribution in [-0.4, -0.2) is 47.2 Å². The van der Waals surface area contributed by atoms with Gasteiger partial charge in [-0.2, -0.15) is 0 Å². The Labute approximate surface area is 164 Å². The third-order valence-corrected chi connectivity index (χ3v) is 4.34. The van der Waals surface area contributed by atoms with Crippen molar-refractivity contribution < 1.29 is 28.8 Å². The molecule has 0 unspecified atom stereocenters. The van der Waals surface area contributed by atoms with Crippen LogP contribution in [0.15, 0.2) is 42.5 Å². The summed E-state index contributed by atoms with van der Waals surface area (Å²) in [5, 5.41) is 13.7. The normalized spacial score (nSPS) is 12.5. The summed E-state index contributed by atoms with van der Waals surface area (Å²) < 4.78 is 4.60. The van der Waals surface area contributed by atoms with Gasteiger partial charge in [-0.05, 0) is 23.8 Å². The van der Waals surface area contributed by atoms with Crippen molar-refractivity contribution in [1.82, 2.24) is 10.2 Å². The van der Waals surface area contributed by atoms with Gasteiger partial charge in [0, 0.05) is 12.6 Å². The summed E-state index contributed by atoms with van der Waals surface area (Å²) in [6.07, 6.45) is 0. The van der Waals surface area contributed by atoms with Gasteiger partial charge in [0.2, 0.25) is 5.91 Å². The number of methoxy groups -OCH3 is 1. The van der Waals surface area contributed by atoms with Gasteiger partial charge >= 0.3 is 5.97 Å². The number of carbonyl (C=O) groups is 4. The molecule has 1 aliphatic rings. The van der Waals surface area contributed by atoms with Crippen LogP contribution in [-0.2, 0) is 16.1 Å². The predicted molar refractivity (Wildman–Crippen MR) is 98.1 cm³/mol. The van der Waals surface area contributed by atoms with E-state index in [4.69, 9.17) is 0 Å². The van der Waals surface area contributed by atoms with Crippen LogP contribution in [0, 0.1) is 10.1 Å². The van der Waals surface area contributed by atoms with Crippen molar-refractivity contribution in [2.24, 2.45) is 0 Å². The van der Waals surface area contributed by atoms with Crippen molar-refractivity contribution in [1.29, 1.82) is 0 Å². The summed E-state index contributed by atoms with van der Waals surface area (Å²) in [6, 6.07) is 10.1. The van der Waals surface area contributed by atoms with Crippen LogP contribution in [0.2, 0.25) is 0 Å². The fourth-order valence-electron chi connectivity index (χ4n) is 2.89. The quantitative estimate of drug-likeness (QED) is 0.336. The molecule has 0 radical (unpaired) electrons. The van der Waals surface area contributed by atoms with Gasteiger partial charge in [-0.25, -0.2) is 4.79 Å². The Hall–Kier alpha value is -4.08. The Kier molecular flexibility index (Phi) is 5.35. The summed E-state index contributed by atoms with van der Waals surface area (Å²) in [7, 11) is 1.27. The molecule has 1 N–H and O–H groups in total. The highest BCUT2D eigenvalue weighted by Crippen LogP contribution is 2.30. The van der Waals surface area contributed by atoms with E-state index in [1.54, 1.807) is 12.1 Å². The van der Waals surface area contributed by atoms with Crippen LogP contribution in [0.5, 0.6) is 0 Å². The SMILES string of the molecule is COC(=O)c1ccc(CNC(=O)CN2C(=O)c3cccc([N+](=O)[O-])c3C2=O)cc1. The number of nitrogens with zero attached hydrogens (tertiary/aromatic N) is 2. The van der Waals surface area contributed by atoms with Crippen LogP contribution in [0.1, 0.15) is 36.6 Å². The van der Waals surface area contributed by atoms with Gasteiger partial charge < -0.3 is 10.1 Å². The number of nitrogens with one attached hydrogen (secondary N) is 1. The highest BCUT2D eigenvalue weighted by atomic mass is 16.6. The van der Waals surface area contributed by atoms with E-state index >= 15 is 0 Å². The maximum absolute atomic E-state index is 12.4. The minimum absolute atomic E-state index is 0.101. The van der Waals surface area contributed by atoms with Crippen molar-refractivity contribution in [3.8, 4) is 0 Å². The molecule has 10 nitrogen and oxygen atoms in total. The molecule has 0 saturated heterocycles. The van der Waals surface area contributed by atoms with E-state index in [0.29, 0.717) is 16.0 Å². The van der Waals surface area contributed by atoms with Crippen molar-refractivity contribution >= 4 is 29.4 Å². The lowest BCUT2D eigenvalue weighted by Crippen LogP contribution is -2.40. The van der Waals surface area contributed by atoms with Crippen molar-refractivity contribution in [2.45, 2.75) is 6.54 Å². The summed E-state index contributed by atoms with van der Waals surface area (Å²) >= 11 is 0.